The molecule has 0 saturated carbocycles. The average molecular weight is 467 g/mol. The van der Waals surface area contributed by atoms with Gasteiger partial charge in [-0.25, -0.2) is 9.78 Å². The van der Waals surface area contributed by atoms with Crippen molar-refractivity contribution in [3.05, 3.63) is 97.3 Å². The highest BCUT2D eigenvalue weighted by Crippen LogP contribution is 2.30. The second-order valence-corrected chi connectivity index (χ2v) is 8.06. The zero-order valence-corrected chi connectivity index (χ0v) is 18.1. The van der Waals surface area contributed by atoms with E-state index in [0.29, 0.717) is 38.7 Å². The first-order chi connectivity index (χ1) is 16.5. The molecule has 164 valence electrons. The van der Waals surface area contributed by atoms with Crippen LogP contribution in [0.4, 0.5) is 5.69 Å². The molecule has 34 heavy (non-hydrogen) atoms. The number of benzene rings is 2. The van der Waals surface area contributed by atoms with Crippen LogP contribution in [0.1, 0.15) is 10.6 Å². The molecular formula is C24H13N5O4S. The molecule has 0 bridgehead atoms. The molecule has 0 atom stereocenters. The van der Waals surface area contributed by atoms with E-state index in [1.807, 2.05) is 12.1 Å². The number of aromatic nitrogens is 3. The molecule has 0 unspecified atom stereocenters. The SMILES string of the molecule is N#C/C(=C\c1cn[nH]c1-c1cccc([N+](=O)[O-])c1)c1nc(-c2cc3ccccc3oc2=O)cs1. The van der Waals surface area contributed by atoms with Crippen molar-refractivity contribution in [1.82, 2.24) is 15.2 Å². The molecule has 9 nitrogen and oxygen atoms in total. The van der Waals surface area contributed by atoms with Crippen LogP contribution < -0.4 is 5.63 Å². The first kappa shape index (κ1) is 21.0. The summed E-state index contributed by atoms with van der Waals surface area (Å²) in [7, 11) is 0. The molecular weight excluding hydrogens is 454 g/mol. The Morgan fingerprint density at radius 3 is 2.88 bits per heavy atom. The Kier molecular flexibility index (Phi) is 5.29. The zero-order valence-electron chi connectivity index (χ0n) is 17.3. The van der Waals surface area contributed by atoms with Gasteiger partial charge >= 0.3 is 5.63 Å². The summed E-state index contributed by atoms with van der Waals surface area (Å²) in [5.74, 6) is 0. The molecule has 10 heteroatoms. The van der Waals surface area contributed by atoms with E-state index in [0.717, 1.165) is 5.39 Å². The van der Waals surface area contributed by atoms with Crippen LogP contribution >= 0.6 is 11.3 Å². The normalized spacial score (nSPS) is 11.4. The minimum Gasteiger partial charge on any atom is -0.422 e. The van der Waals surface area contributed by atoms with Gasteiger partial charge in [-0.15, -0.1) is 11.3 Å². The average Bonchev–Trinajstić information content (AvgIpc) is 3.52. The first-order valence-corrected chi connectivity index (χ1v) is 10.8. The van der Waals surface area contributed by atoms with Crippen LogP contribution in [0.15, 0.2) is 75.4 Å². The lowest BCUT2D eigenvalue weighted by Gasteiger charge is -2.01. The fourth-order valence-electron chi connectivity index (χ4n) is 3.47. The molecule has 0 aliphatic heterocycles. The maximum Gasteiger partial charge on any atom is 0.345 e. The maximum atomic E-state index is 12.5. The summed E-state index contributed by atoms with van der Waals surface area (Å²) in [6.07, 6.45) is 3.13. The summed E-state index contributed by atoms with van der Waals surface area (Å²) in [5.41, 5.74) is 2.55. The van der Waals surface area contributed by atoms with E-state index in [4.69, 9.17) is 4.42 Å². The summed E-state index contributed by atoms with van der Waals surface area (Å²) in [6.45, 7) is 0. The molecule has 0 aliphatic carbocycles. The van der Waals surface area contributed by atoms with Crippen LogP contribution in [0.3, 0.4) is 0 Å². The Morgan fingerprint density at radius 1 is 1.21 bits per heavy atom. The third-order valence-electron chi connectivity index (χ3n) is 5.09. The number of aromatic amines is 1. The van der Waals surface area contributed by atoms with E-state index in [1.165, 1.54) is 29.7 Å². The van der Waals surface area contributed by atoms with Gasteiger partial charge in [-0.3, -0.25) is 15.2 Å². The number of fused-ring (bicyclic) bond motifs is 1. The van der Waals surface area contributed by atoms with Crippen molar-refractivity contribution in [1.29, 1.82) is 5.26 Å². The van der Waals surface area contributed by atoms with Crippen molar-refractivity contribution in [2.75, 3.05) is 0 Å². The summed E-state index contributed by atoms with van der Waals surface area (Å²) in [5, 5.41) is 30.6. The smallest absolute Gasteiger partial charge is 0.345 e. The fourth-order valence-corrected chi connectivity index (χ4v) is 4.26. The van der Waals surface area contributed by atoms with E-state index < -0.39 is 10.5 Å². The number of thiazole rings is 1. The predicted molar refractivity (Wildman–Crippen MR) is 128 cm³/mol. The van der Waals surface area contributed by atoms with Gasteiger partial charge in [-0.1, -0.05) is 30.3 Å². The lowest BCUT2D eigenvalue weighted by atomic mass is 10.1. The van der Waals surface area contributed by atoms with Crippen molar-refractivity contribution < 1.29 is 9.34 Å². The summed E-state index contributed by atoms with van der Waals surface area (Å²) < 4.78 is 5.39. The molecule has 0 aliphatic rings. The Bertz CT molecular complexity index is 1690. The Morgan fingerprint density at radius 2 is 2.06 bits per heavy atom. The van der Waals surface area contributed by atoms with Crippen molar-refractivity contribution in [2.24, 2.45) is 0 Å². The molecule has 5 aromatic rings. The highest BCUT2D eigenvalue weighted by molar-refractivity contribution is 7.11. The van der Waals surface area contributed by atoms with Crippen molar-refractivity contribution in [3.63, 3.8) is 0 Å². The second-order valence-electron chi connectivity index (χ2n) is 7.20. The first-order valence-electron chi connectivity index (χ1n) is 9.92. The number of nitro benzene ring substituents is 1. The van der Waals surface area contributed by atoms with Crippen LogP contribution in [-0.2, 0) is 0 Å². The molecule has 0 amide bonds. The van der Waals surface area contributed by atoms with Crippen LogP contribution in [0.2, 0.25) is 0 Å². The van der Waals surface area contributed by atoms with Gasteiger partial charge < -0.3 is 4.42 Å². The molecule has 0 fully saturated rings. The number of para-hydroxylation sites is 1. The van der Waals surface area contributed by atoms with Crippen LogP contribution in [0.5, 0.6) is 0 Å². The molecule has 1 N–H and O–H groups in total. The number of nitro groups is 1. The number of H-pyrrole nitrogens is 1. The van der Waals surface area contributed by atoms with Crippen LogP contribution in [-0.4, -0.2) is 20.1 Å². The third-order valence-corrected chi connectivity index (χ3v) is 5.96. The monoisotopic (exact) mass is 467 g/mol. The Labute approximate surface area is 195 Å². The van der Waals surface area contributed by atoms with Gasteiger partial charge in [0.05, 0.1) is 33.6 Å². The van der Waals surface area contributed by atoms with Gasteiger partial charge in [-0.2, -0.15) is 10.4 Å². The number of nitrogens with zero attached hydrogens (tertiary/aromatic N) is 4. The lowest BCUT2D eigenvalue weighted by molar-refractivity contribution is -0.384. The second kappa shape index (κ2) is 8.57. The third kappa shape index (κ3) is 3.87. The van der Waals surface area contributed by atoms with E-state index in [2.05, 4.69) is 21.3 Å². The summed E-state index contributed by atoms with van der Waals surface area (Å²) in [4.78, 5) is 27.6. The molecule has 0 saturated heterocycles. The maximum absolute atomic E-state index is 12.5. The van der Waals surface area contributed by atoms with E-state index in [9.17, 15) is 20.2 Å². The number of hydrogen-bond donors (Lipinski definition) is 1. The highest BCUT2D eigenvalue weighted by atomic mass is 32.1. The number of nitriles is 1. The standard InChI is InChI=1S/C24H13N5O4S/c25-11-16(8-17-12-26-28-22(17)15-5-3-6-18(9-15)29(31)32)23-27-20(13-34-23)19-10-14-4-1-2-7-21(14)33-24(19)30/h1-10,12-13H,(H,26,28)/b16-8+. The molecule has 3 aromatic heterocycles. The lowest BCUT2D eigenvalue weighted by Crippen LogP contribution is -2.02. The largest absolute Gasteiger partial charge is 0.422 e. The minimum atomic E-state index is -0.513. The van der Waals surface area contributed by atoms with Crippen molar-refractivity contribution in [3.8, 4) is 28.6 Å². The highest BCUT2D eigenvalue weighted by Gasteiger charge is 2.16. The Balaban J connectivity index is 1.53. The van der Waals surface area contributed by atoms with Gasteiger partial charge in [0.25, 0.3) is 5.69 Å². The molecule has 0 radical (unpaired) electrons. The molecule has 0 spiro atoms. The number of nitrogens with one attached hydrogen (secondary N) is 1. The summed E-state index contributed by atoms with van der Waals surface area (Å²) in [6, 6.07) is 17.1. The topological polar surface area (TPSA) is 139 Å². The van der Waals surface area contributed by atoms with Crippen LogP contribution in [0.25, 0.3) is 45.1 Å². The minimum absolute atomic E-state index is 0.0543. The number of allylic oxidation sites excluding steroid dienone is 1. The van der Waals surface area contributed by atoms with Gasteiger partial charge in [0.1, 0.15) is 16.7 Å². The van der Waals surface area contributed by atoms with Crippen molar-refractivity contribution >= 4 is 39.6 Å². The van der Waals surface area contributed by atoms with Gasteiger partial charge in [0, 0.05) is 34.0 Å². The predicted octanol–water partition coefficient (Wildman–Crippen LogP) is 5.28. The van der Waals surface area contributed by atoms with E-state index >= 15 is 0 Å². The fraction of sp³-hybridized carbons (Fsp3) is 0. The molecule has 5 rings (SSSR count). The van der Waals surface area contributed by atoms with Gasteiger partial charge in [-0.05, 0) is 18.2 Å². The number of rotatable bonds is 5. The van der Waals surface area contributed by atoms with Gasteiger partial charge in [0.15, 0.2) is 0 Å². The van der Waals surface area contributed by atoms with E-state index in [1.54, 1.807) is 41.8 Å². The van der Waals surface area contributed by atoms with Crippen molar-refractivity contribution in [2.45, 2.75) is 0 Å². The molecule has 3 heterocycles. The van der Waals surface area contributed by atoms with E-state index in [-0.39, 0.29) is 11.3 Å². The Hall–Kier alpha value is -4.88. The van der Waals surface area contributed by atoms with Gasteiger partial charge in [0.2, 0.25) is 0 Å². The number of hydrogen-bond acceptors (Lipinski definition) is 8. The van der Waals surface area contributed by atoms with Crippen LogP contribution in [0, 0.1) is 21.4 Å². The number of non-ortho nitro benzene ring substituents is 1. The summed E-state index contributed by atoms with van der Waals surface area (Å²) >= 11 is 1.22. The quantitative estimate of drug-likeness (QED) is 0.161. The zero-order chi connectivity index (χ0) is 23.7. The molecule has 2 aromatic carbocycles.